The molecule has 0 aromatic heterocycles. The van der Waals surface area contributed by atoms with E-state index in [1.165, 1.54) is 20.9 Å². The molecule has 0 aliphatic carbocycles. The molecule has 2 aromatic rings. The third-order valence-electron chi connectivity index (χ3n) is 2.73. The van der Waals surface area contributed by atoms with Gasteiger partial charge in [0.1, 0.15) is 0 Å². The number of hydrogen-bond donors (Lipinski definition) is 0. The highest BCUT2D eigenvalue weighted by atomic mass is 32.2. The van der Waals surface area contributed by atoms with Gasteiger partial charge in [0.15, 0.2) is 0 Å². The van der Waals surface area contributed by atoms with Gasteiger partial charge >= 0.3 is 0 Å². The lowest BCUT2D eigenvalue weighted by Crippen LogP contribution is -1.88. The van der Waals surface area contributed by atoms with Gasteiger partial charge in [-0.05, 0) is 37.6 Å². The van der Waals surface area contributed by atoms with Gasteiger partial charge in [-0.3, -0.25) is 0 Å². The number of nitrogens with zero attached hydrogens (tertiary/aromatic N) is 1. The standard InChI is InChI=1S/C16H15NS/c1-12-3-6-15(7-4-12)18-16-8-5-13(2)11-14(16)9-10-17/h3-8,11H,9H2,1-2H3. The molecule has 0 heterocycles. The molecule has 90 valence electrons. The second-order valence-electron chi connectivity index (χ2n) is 4.36. The van der Waals surface area contributed by atoms with E-state index in [1.807, 2.05) is 0 Å². The Balaban J connectivity index is 2.28. The Morgan fingerprint density at radius 2 is 1.67 bits per heavy atom. The summed E-state index contributed by atoms with van der Waals surface area (Å²) < 4.78 is 0. The van der Waals surface area contributed by atoms with Crippen molar-refractivity contribution < 1.29 is 0 Å². The molecule has 2 aromatic carbocycles. The molecule has 0 radical (unpaired) electrons. The normalized spacial score (nSPS) is 10.1. The first-order valence-electron chi connectivity index (χ1n) is 5.90. The third kappa shape index (κ3) is 3.15. The molecule has 0 aliphatic rings. The summed E-state index contributed by atoms with van der Waals surface area (Å²) in [7, 11) is 0. The number of aryl methyl sites for hydroxylation is 2. The minimum atomic E-state index is 0.468. The topological polar surface area (TPSA) is 23.8 Å². The van der Waals surface area contributed by atoms with Crippen LogP contribution in [0.2, 0.25) is 0 Å². The van der Waals surface area contributed by atoms with Crippen LogP contribution in [0.25, 0.3) is 0 Å². The molecule has 0 N–H and O–H groups in total. The van der Waals surface area contributed by atoms with Crippen molar-refractivity contribution in [2.75, 3.05) is 0 Å². The Hall–Kier alpha value is -1.72. The fraction of sp³-hybridized carbons (Fsp3) is 0.188. The van der Waals surface area contributed by atoms with Crippen LogP contribution in [0.3, 0.4) is 0 Å². The largest absolute Gasteiger partial charge is 0.198 e. The third-order valence-corrected chi connectivity index (χ3v) is 3.86. The average Bonchev–Trinajstić information content (AvgIpc) is 2.36. The Kier molecular flexibility index (Phi) is 4.07. The summed E-state index contributed by atoms with van der Waals surface area (Å²) in [5.74, 6) is 0. The van der Waals surface area contributed by atoms with Gasteiger partial charge in [0.05, 0.1) is 12.5 Å². The van der Waals surface area contributed by atoms with Crippen molar-refractivity contribution in [3.05, 3.63) is 59.2 Å². The first-order valence-corrected chi connectivity index (χ1v) is 6.71. The van der Waals surface area contributed by atoms with Crippen LogP contribution in [-0.4, -0.2) is 0 Å². The van der Waals surface area contributed by atoms with Crippen LogP contribution < -0.4 is 0 Å². The van der Waals surface area contributed by atoms with E-state index in [4.69, 9.17) is 5.26 Å². The summed E-state index contributed by atoms with van der Waals surface area (Å²) in [5.41, 5.74) is 3.58. The fourth-order valence-electron chi connectivity index (χ4n) is 1.76. The number of hydrogen-bond acceptors (Lipinski definition) is 2. The van der Waals surface area contributed by atoms with Crippen LogP contribution in [0.15, 0.2) is 52.3 Å². The monoisotopic (exact) mass is 253 g/mol. The Labute approximate surface area is 112 Å². The highest BCUT2D eigenvalue weighted by Crippen LogP contribution is 2.31. The predicted octanol–water partition coefficient (Wildman–Crippen LogP) is 4.52. The lowest BCUT2D eigenvalue weighted by atomic mass is 10.1. The van der Waals surface area contributed by atoms with Crippen molar-refractivity contribution in [3.8, 4) is 6.07 Å². The average molecular weight is 253 g/mol. The van der Waals surface area contributed by atoms with Gasteiger partial charge in [-0.2, -0.15) is 5.26 Å². The molecular formula is C16H15NS. The molecule has 0 amide bonds. The van der Waals surface area contributed by atoms with Gasteiger partial charge in [-0.25, -0.2) is 0 Å². The highest BCUT2D eigenvalue weighted by Gasteiger charge is 2.04. The summed E-state index contributed by atoms with van der Waals surface area (Å²) >= 11 is 1.72. The molecule has 18 heavy (non-hydrogen) atoms. The SMILES string of the molecule is Cc1ccc(Sc2ccc(C)cc2CC#N)cc1. The van der Waals surface area contributed by atoms with E-state index in [2.05, 4.69) is 62.4 Å². The zero-order chi connectivity index (χ0) is 13.0. The van der Waals surface area contributed by atoms with Crippen molar-refractivity contribution in [1.29, 1.82) is 5.26 Å². The molecule has 0 saturated heterocycles. The van der Waals surface area contributed by atoms with E-state index in [9.17, 15) is 0 Å². The summed E-state index contributed by atoms with van der Waals surface area (Å²) in [6.45, 7) is 4.14. The van der Waals surface area contributed by atoms with Crippen LogP contribution in [0.4, 0.5) is 0 Å². The Morgan fingerprint density at radius 1 is 1.00 bits per heavy atom. The van der Waals surface area contributed by atoms with Gasteiger partial charge in [-0.15, -0.1) is 0 Å². The molecular weight excluding hydrogens is 238 g/mol. The summed E-state index contributed by atoms with van der Waals surface area (Å²) in [6.07, 6.45) is 0.468. The van der Waals surface area contributed by atoms with Crippen molar-refractivity contribution in [3.63, 3.8) is 0 Å². The molecule has 0 spiro atoms. The van der Waals surface area contributed by atoms with Crippen LogP contribution >= 0.6 is 11.8 Å². The van der Waals surface area contributed by atoms with Crippen LogP contribution in [-0.2, 0) is 6.42 Å². The molecule has 0 unspecified atom stereocenters. The molecule has 0 bridgehead atoms. The second-order valence-corrected chi connectivity index (χ2v) is 5.48. The van der Waals surface area contributed by atoms with Crippen LogP contribution in [0.1, 0.15) is 16.7 Å². The molecule has 2 heteroatoms. The highest BCUT2D eigenvalue weighted by molar-refractivity contribution is 7.99. The Morgan fingerprint density at radius 3 is 2.33 bits per heavy atom. The summed E-state index contributed by atoms with van der Waals surface area (Å²) in [5, 5.41) is 8.88. The van der Waals surface area contributed by atoms with E-state index in [1.54, 1.807) is 11.8 Å². The second kappa shape index (κ2) is 5.75. The maximum atomic E-state index is 8.88. The van der Waals surface area contributed by atoms with E-state index in [0.717, 1.165) is 5.56 Å². The summed E-state index contributed by atoms with van der Waals surface area (Å²) in [6, 6.07) is 17.0. The lowest BCUT2D eigenvalue weighted by Gasteiger charge is -2.08. The van der Waals surface area contributed by atoms with Gasteiger partial charge < -0.3 is 0 Å². The Bertz CT molecular complexity index is 579. The molecule has 2 rings (SSSR count). The molecule has 0 fully saturated rings. The first kappa shape index (κ1) is 12.7. The van der Waals surface area contributed by atoms with E-state index < -0.39 is 0 Å². The smallest absolute Gasteiger partial charge is 0.0670 e. The molecule has 1 nitrogen and oxygen atoms in total. The zero-order valence-electron chi connectivity index (χ0n) is 10.6. The van der Waals surface area contributed by atoms with E-state index in [0.29, 0.717) is 6.42 Å². The maximum Gasteiger partial charge on any atom is 0.0670 e. The molecule has 0 atom stereocenters. The van der Waals surface area contributed by atoms with Gasteiger partial charge in [0.2, 0.25) is 0 Å². The van der Waals surface area contributed by atoms with E-state index >= 15 is 0 Å². The first-order chi connectivity index (χ1) is 8.69. The number of benzene rings is 2. The van der Waals surface area contributed by atoms with Crippen molar-refractivity contribution >= 4 is 11.8 Å². The van der Waals surface area contributed by atoms with Gasteiger partial charge in [-0.1, -0.05) is 47.2 Å². The minimum absolute atomic E-state index is 0.468. The van der Waals surface area contributed by atoms with Gasteiger partial charge in [0, 0.05) is 9.79 Å². The summed E-state index contributed by atoms with van der Waals surface area (Å²) in [4.78, 5) is 2.38. The van der Waals surface area contributed by atoms with Crippen molar-refractivity contribution in [2.45, 2.75) is 30.1 Å². The van der Waals surface area contributed by atoms with Crippen molar-refractivity contribution in [2.24, 2.45) is 0 Å². The lowest BCUT2D eigenvalue weighted by molar-refractivity contribution is 1.16. The maximum absolute atomic E-state index is 8.88. The van der Waals surface area contributed by atoms with Crippen LogP contribution in [0, 0.1) is 25.2 Å². The number of nitriles is 1. The molecule has 0 saturated carbocycles. The van der Waals surface area contributed by atoms with E-state index in [-0.39, 0.29) is 0 Å². The minimum Gasteiger partial charge on any atom is -0.198 e. The zero-order valence-corrected chi connectivity index (χ0v) is 11.4. The number of rotatable bonds is 3. The molecule has 0 aliphatic heterocycles. The van der Waals surface area contributed by atoms with Crippen LogP contribution in [0.5, 0.6) is 0 Å². The van der Waals surface area contributed by atoms with Gasteiger partial charge in [0.25, 0.3) is 0 Å². The predicted molar refractivity (Wildman–Crippen MR) is 75.8 cm³/mol. The van der Waals surface area contributed by atoms with Crippen molar-refractivity contribution in [1.82, 2.24) is 0 Å². The quantitative estimate of drug-likeness (QED) is 0.803. The fourth-order valence-corrected chi connectivity index (χ4v) is 2.69.